The maximum atomic E-state index is 12.3. The first-order chi connectivity index (χ1) is 12.1. The molecule has 0 bridgehead atoms. The number of anilines is 2. The van der Waals surface area contributed by atoms with Gasteiger partial charge in [0.25, 0.3) is 5.91 Å². The third-order valence-corrected chi connectivity index (χ3v) is 4.51. The Kier molecular flexibility index (Phi) is 5.00. The molecule has 0 unspecified atom stereocenters. The first kappa shape index (κ1) is 17.0. The summed E-state index contributed by atoms with van der Waals surface area (Å²) >= 11 is 1.40. The molecule has 2 aromatic carbocycles. The molecule has 128 valence electrons. The number of amides is 1. The molecule has 1 amide bonds. The summed E-state index contributed by atoms with van der Waals surface area (Å²) in [6, 6.07) is 15.1. The van der Waals surface area contributed by atoms with Crippen LogP contribution in [0, 0.1) is 0 Å². The SMILES string of the molecule is COc1ccc(-c2csc(NC(=O)c3ccc(N(C)C)cc3)n2)cc1. The van der Waals surface area contributed by atoms with Crippen molar-refractivity contribution >= 4 is 28.1 Å². The van der Waals surface area contributed by atoms with E-state index in [0.717, 1.165) is 22.7 Å². The summed E-state index contributed by atoms with van der Waals surface area (Å²) in [6.45, 7) is 0. The van der Waals surface area contributed by atoms with Gasteiger partial charge >= 0.3 is 0 Å². The van der Waals surface area contributed by atoms with E-state index in [1.807, 2.05) is 72.9 Å². The third-order valence-electron chi connectivity index (χ3n) is 3.76. The summed E-state index contributed by atoms with van der Waals surface area (Å²) in [5.74, 6) is 0.634. The van der Waals surface area contributed by atoms with E-state index >= 15 is 0 Å². The Morgan fingerprint density at radius 1 is 1.08 bits per heavy atom. The lowest BCUT2D eigenvalue weighted by atomic mass is 10.2. The van der Waals surface area contributed by atoms with Crippen LogP contribution in [0.4, 0.5) is 10.8 Å². The average Bonchev–Trinajstić information content (AvgIpc) is 3.10. The quantitative estimate of drug-likeness (QED) is 0.749. The van der Waals surface area contributed by atoms with Gasteiger partial charge in [-0.15, -0.1) is 11.3 Å². The lowest BCUT2D eigenvalue weighted by Gasteiger charge is -2.12. The fourth-order valence-electron chi connectivity index (χ4n) is 2.31. The van der Waals surface area contributed by atoms with Crippen LogP contribution in [0.25, 0.3) is 11.3 Å². The van der Waals surface area contributed by atoms with Crippen LogP contribution < -0.4 is 15.0 Å². The predicted molar refractivity (Wildman–Crippen MR) is 103 cm³/mol. The second-order valence-electron chi connectivity index (χ2n) is 5.66. The number of methoxy groups -OCH3 is 1. The Morgan fingerprint density at radius 2 is 1.76 bits per heavy atom. The molecule has 3 rings (SSSR count). The molecule has 5 nitrogen and oxygen atoms in total. The first-order valence-corrected chi connectivity index (χ1v) is 8.63. The fraction of sp³-hybridized carbons (Fsp3) is 0.158. The summed E-state index contributed by atoms with van der Waals surface area (Å²) in [5, 5.41) is 5.35. The zero-order chi connectivity index (χ0) is 17.8. The summed E-state index contributed by atoms with van der Waals surface area (Å²) < 4.78 is 5.16. The monoisotopic (exact) mass is 353 g/mol. The van der Waals surface area contributed by atoms with Crippen LogP contribution in [0.15, 0.2) is 53.9 Å². The van der Waals surface area contributed by atoms with Gasteiger partial charge in [0, 0.05) is 36.3 Å². The number of ether oxygens (including phenoxy) is 1. The number of nitrogens with one attached hydrogen (secondary N) is 1. The highest BCUT2D eigenvalue weighted by atomic mass is 32.1. The molecule has 6 heteroatoms. The van der Waals surface area contributed by atoms with Crippen molar-refractivity contribution in [2.75, 3.05) is 31.4 Å². The number of hydrogen-bond donors (Lipinski definition) is 1. The number of benzene rings is 2. The van der Waals surface area contributed by atoms with E-state index in [2.05, 4.69) is 10.3 Å². The van der Waals surface area contributed by atoms with Crippen molar-refractivity contribution in [3.63, 3.8) is 0 Å². The van der Waals surface area contributed by atoms with Crippen molar-refractivity contribution in [3.05, 3.63) is 59.5 Å². The number of hydrogen-bond acceptors (Lipinski definition) is 5. The highest BCUT2D eigenvalue weighted by molar-refractivity contribution is 7.14. The Balaban J connectivity index is 1.70. The van der Waals surface area contributed by atoms with Crippen LogP contribution in [-0.4, -0.2) is 32.1 Å². The molecular weight excluding hydrogens is 334 g/mol. The van der Waals surface area contributed by atoms with Gasteiger partial charge in [0.1, 0.15) is 5.75 Å². The molecule has 25 heavy (non-hydrogen) atoms. The topological polar surface area (TPSA) is 54.5 Å². The Bertz CT molecular complexity index is 855. The lowest BCUT2D eigenvalue weighted by molar-refractivity contribution is 0.102. The Labute approximate surface area is 150 Å². The summed E-state index contributed by atoms with van der Waals surface area (Å²) in [4.78, 5) is 18.8. The number of nitrogens with zero attached hydrogens (tertiary/aromatic N) is 2. The molecule has 0 aliphatic rings. The van der Waals surface area contributed by atoms with Crippen molar-refractivity contribution in [2.24, 2.45) is 0 Å². The molecule has 0 spiro atoms. The first-order valence-electron chi connectivity index (χ1n) is 7.75. The predicted octanol–water partition coefficient (Wildman–Crippen LogP) is 4.14. The molecule has 0 saturated heterocycles. The summed E-state index contributed by atoms with van der Waals surface area (Å²) in [6.07, 6.45) is 0. The molecule has 0 saturated carbocycles. The average molecular weight is 353 g/mol. The molecule has 3 aromatic rings. The number of thiazole rings is 1. The van der Waals surface area contributed by atoms with Crippen LogP contribution in [-0.2, 0) is 0 Å². The van der Waals surface area contributed by atoms with Gasteiger partial charge in [-0.05, 0) is 48.5 Å². The number of aromatic nitrogens is 1. The zero-order valence-corrected chi connectivity index (χ0v) is 15.1. The number of carbonyl (C=O) groups is 1. The van der Waals surface area contributed by atoms with E-state index in [1.54, 1.807) is 7.11 Å². The zero-order valence-electron chi connectivity index (χ0n) is 14.3. The van der Waals surface area contributed by atoms with Gasteiger partial charge in [-0.1, -0.05) is 0 Å². The van der Waals surface area contributed by atoms with E-state index in [9.17, 15) is 4.79 Å². The second-order valence-corrected chi connectivity index (χ2v) is 6.52. The minimum Gasteiger partial charge on any atom is -0.497 e. The van der Waals surface area contributed by atoms with Crippen molar-refractivity contribution in [1.82, 2.24) is 4.98 Å². The van der Waals surface area contributed by atoms with Gasteiger partial charge in [0.15, 0.2) is 5.13 Å². The largest absolute Gasteiger partial charge is 0.497 e. The van der Waals surface area contributed by atoms with Crippen LogP contribution in [0.2, 0.25) is 0 Å². The van der Waals surface area contributed by atoms with Crippen LogP contribution >= 0.6 is 11.3 Å². The van der Waals surface area contributed by atoms with E-state index < -0.39 is 0 Å². The van der Waals surface area contributed by atoms with Crippen molar-refractivity contribution in [2.45, 2.75) is 0 Å². The van der Waals surface area contributed by atoms with E-state index in [4.69, 9.17) is 4.74 Å². The second kappa shape index (κ2) is 7.36. The van der Waals surface area contributed by atoms with E-state index in [1.165, 1.54) is 11.3 Å². The molecule has 0 aliphatic heterocycles. The summed E-state index contributed by atoms with van der Waals surface area (Å²) in [5.41, 5.74) is 3.46. The molecule has 1 N–H and O–H groups in total. The lowest BCUT2D eigenvalue weighted by Crippen LogP contribution is -2.13. The van der Waals surface area contributed by atoms with Gasteiger partial charge < -0.3 is 9.64 Å². The molecule has 1 aromatic heterocycles. The van der Waals surface area contributed by atoms with E-state index in [-0.39, 0.29) is 5.91 Å². The molecule has 0 aliphatic carbocycles. The minimum atomic E-state index is -0.166. The van der Waals surface area contributed by atoms with Gasteiger partial charge in [-0.3, -0.25) is 10.1 Å². The minimum absolute atomic E-state index is 0.166. The smallest absolute Gasteiger partial charge is 0.257 e. The summed E-state index contributed by atoms with van der Waals surface area (Å²) in [7, 11) is 5.56. The van der Waals surface area contributed by atoms with Crippen LogP contribution in [0.3, 0.4) is 0 Å². The molecule has 0 fully saturated rings. The Hall–Kier alpha value is -2.86. The number of carbonyl (C=O) groups excluding carboxylic acids is 1. The molecular formula is C19H19N3O2S. The van der Waals surface area contributed by atoms with Gasteiger partial charge in [0.05, 0.1) is 12.8 Å². The molecule has 0 radical (unpaired) electrons. The maximum absolute atomic E-state index is 12.3. The van der Waals surface area contributed by atoms with Crippen LogP contribution in [0.1, 0.15) is 10.4 Å². The van der Waals surface area contributed by atoms with Gasteiger partial charge in [-0.2, -0.15) is 0 Å². The fourth-order valence-corrected chi connectivity index (χ4v) is 3.02. The van der Waals surface area contributed by atoms with Gasteiger partial charge in [0.2, 0.25) is 0 Å². The van der Waals surface area contributed by atoms with Crippen LogP contribution in [0.5, 0.6) is 5.75 Å². The third kappa shape index (κ3) is 3.97. The highest BCUT2D eigenvalue weighted by Gasteiger charge is 2.10. The number of rotatable bonds is 5. The molecule has 1 heterocycles. The van der Waals surface area contributed by atoms with Crippen molar-refractivity contribution < 1.29 is 9.53 Å². The standard InChI is InChI=1S/C19H19N3O2S/c1-22(2)15-8-4-14(5-9-15)18(23)21-19-20-17(12-25-19)13-6-10-16(24-3)11-7-13/h4-12H,1-3H3,(H,20,21,23). The van der Waals surface area contributed by atoms with Crippen molar-refractivity contribution in [1.29, 1.82) is 0 Å². The normalized spacial score (nSPS) is 10.4. The van der Waals surface area contributed by atoms with E-state index in [0.29, 0.717) is 10.7 Å². The van der Waals surface area contributed by atoms with Gasteiger partial charge in [-0.25, -0.2) is 4.98 Å². The highest BCUT2D eigenvalue weighted by Crippen LogP contribution is 2.26. The molecule has 0 atom stereocenters. The Morgan fingerprint density at radius 3 is 2.36 bits per heavy atom. The maximum Gasteiger partial charge on any atom is 0.257 e. The van der Waals surface area contributed by atoms with Crippen molar-refractivity contribution in [3.8, 4) is 17.0 Å².